The average molecular weight is 362 g/mol. The summed E-state index contributed by atoms with van der Waals surface area (Å²) in [5.41, 5.74) is 4.18. The smallest absolute Gasteiger partial charge is 0.0500 e. The average Bonchev–Trinajstić information content (AvgIpc) is 2.28. The van der Waals surface area contributed by atoms with Crippen LogP contribution in [-0.4, -0.2) is 0 Å². The molecular formula is C12H30O4P4. The quantitative estimate of drug-likeness (QED) is 0.614. The maximum atomic E-state index is 8.55. The predicted octanol–water partition coefficient (Wildman–Crippen LogP) is 1.73. The van der Waals surface area contributed by atoms with Crippen molar-refractivity contribution in [2.24, 2.45) is 0 Å². The van der Waals surface area contributed by atoms with Gasteiger partial charge in [0, 0.05) is 17.5 Å². The van der Waals surface area contributed by atoms with Crippen molar-refractivity contribution in [3.05, 3.63) is 34.2 Å². The van der Waals surface area contributed by atoms with E-state index in [1.54, 1.807) is 0 Å². The zero-order chi connectivity index (χ0) is 17.4. The van der Waals surface area contributed by atoms with Crippen molar-refractivity contribution >= 4 is 35.5 Å². The van der Waals surface area contributed by atoms with Crippen molar-refractivity contribution < 1.29 is 19.2 Å². The van der Waals surface area contributed by atoms with Gasteiger partial charge in [-0.3, -0.25) is 0 Å². The highest BCUT2D eigenvalue weighted by molar-refractivity contribution is 7.40. The van der Waals surface area contributed by atoms with E-state index in [-0.39, 0.29) is 0 Å². The summed E-state index contributed by atoms with van der Waals surface area (Å²) in [5, 5.41) is 0. The highest BCUT2D eigenvalue weighted by atomic mass is 31.2. The van der Waals surface area contributed by atoms with Gasteiger partial charge in [0.25, 0.3) is 0 Å². The summed E-state index contributed by atoms with van der Waals surface area (Å²) in [7, 11) is 0.227. The molecule has 0 heterocycles. The third-order valence-electron chi connectivity index (χ3n) is 1.22. The summed E-state index contributed by atoms with van der Waals surface area (Å²) in [6.45, 7) is 12.5. The Morgan fingerprint density at radius 3 is 0.750 bits per heavy atom. The fraction of sp³-hybridized carbons (Fsp3) is 0.500. The molecule has 0 bridgehead atoms. The first-order chi connectivity index (χ1) is 8.81. The van der Waals surface area contributed by atoms with Gasteiger partial charge in [-0.15, -0.1) is 0 Å². The van der Waals surface area contributed by atoms with Gasteiger partial charge in [0.15, 0.2) is 0 Å². The summed E-state index contributed by atoms with van der Waals surface area (Å²) in [6.07, 6.45) is 0. The van der Waals surface area contributed by atoms with E-state index in [1.807, 2.05) is 27.7 Å². The molecule has 0 rings (SSSR count). The molecule has 3 atom stereocenters. The van der Waals surface area contributed by atoms with Crippen LogP contribution < -0.4 is 14.7 Å². The lowest BCUT2D eigenvalue weighted by atomic mass is 10.4. The standard InChI is InChI=1S/3C4H9P.H3O4P/c3*1-4(2)3-5;1-5(2,3)4/h3*3H,5H2,1-2H3;(H3,1,2,3,4). The third kappa shape index (κ3) is 132. The lowest BCUT2D eigenvalue weighted by Crippen LogP contribution is -2.24. The van der Waals surface area contributed by atoms with Crippen molar-refractivity contribution in [1.29, 1.82) is 0 Å². The molecule has 0 radical (unpaired) electrons. The van der Waals surface area contributed by atoms with Crippen LogP contribution in [0.4, 0.5) is 0 Å². The predicted molar refractivity (Wildman–Crippen MR) is 99.2 cm³/mol. The zero-order valence-electron chi connectivity index (χ0n) is 13.4. The van der Waals surface area contributed by atoms with Crippen LogP contribution in [-0.2, 0) is 4.57 Å². The van der Waals surface area contributed by atoms with Crippen LogP contribution in [0.2, 0.25) is 0 Å². The Hall–Kier alpha value is 0.620. The highest BCUT2D eigenvalue weighted by Gasteiger charge is 1.66. The normalized spacial score (nSPS) is 8.65. The molecular weight excluding hydrogens is 332 g/mol. The Morgan fingerprint density at radius 1 is 0.700 bits per heavy atom. The monoisotopic (exact) mass is 362 g/mol. The molecule has 0 aromatic rings. The Bertz CT molecular complexity index is 285. The topological polar surface area (TPSA) is 86.2 Å². The van der Waals surface area contributed by atoms with Crippen LogP contribution in [0.5, 0.6) is 0 Å². The first-order valence-electron chi connectivity index (χ1n) is 5.82. The second-order valence-electron chi connectivity index (χ2n) is 4.29. The van der Waals surface area contributed by atoms with E-state index in [0.29, 0.717) is 0 Å². The molecule has 0 spiro atoms. The number of phosphoric acid groups is 1. The van der Waals surface area contributed by atoms with Crippen LogP contribution in [0.15, 0.2) is 34.2 Å². The fourth-order valence-corrected chi connectivity index (χ4v) is 0. The summed E-state index contributed by atoms with van der Waals surface area (Å²) in [4.78, 5) is 25.6. The van der Waals surface area contributed by atoms with Crippen LogP contribution >= 0.6 is 35.5 Å². The van der Waals surface area contributed by atoms with Crippen LogP contribution in [0, 0.1) is 0 Å². The first kappa shape index (κ1) is 28.7. The molecule has 122 valence electrons. The highest BCUT2D eigenvalue weighted by Crippen LogP contribution is 2.03. The Balaban J connectivity index is -0.0000000853. The van der Waals surface area contributed by atoms with Crippen molar-refractivity contribution in [3.8, 4) is 0 Å². The largest absolute Gasteiger partial charge is 0.822 e. The molecule has 3 unspecified atom stereocenters. The molecule has 0 aromatic heterocycles. The Kier molecular flexibility index (Phi) is 28.2. The van der Waals surface area contributed by atoms with E-state index in [0.717, 1.165) is 0 Å². The van der Waals surface area contributed by atoms with Gasteiger partial charge in [-0.2, -0.15) is 7.82 Å². The van der Waals surface area contributed by atoms with E-state index in [9.17, 15) is 0 Å². The number of rotatable bonds is 0. The molecule has 0 saturated heterocycles. The van der Waals surface area contributed by atoms with Crippen LogP contribution in [0.1, 0.15) is 41.5 Å². The fourth-order valence-electron chi connectivity index (χ4n) is 0. The van der Waals surface area contributed by atoms with E-state index < -0.39 is 7.82 Å². The molecule has 0 aliphatic heterocycles. The molecule has 20 heavy (non-hydrogen) atoms. The van der Waals surface area contributed by atoms with E-state index >= 15 is 0 Å². The Labute approximate surface area is 131 Å². The zero-order valence-corrected chi connectivity index (χ0v) is 18.6. The lowest BCUT2D eigenvalue weighted by Gasteiger charge is -2.36. The second kappa shape index (κ2) is 19.6. The van der Waals surface area contributed by atoms with Gasteiger partial charge >= 0.3 is 0 Å². The maximum absolute atomic E-state index is 8.55. The van der Waals surface area contributed by atoms with Gasteiger partial charge in [-0.05, 0) is 86.0 Å². The molecule has 0 saturated carbocycles. The summed E-state index contributed by atoms with van der Waals surface area (Å²) < 4.78 is 8.55. The third-order valence-corrected chi connectivity index (χ3v) is 3.67. The van der Waals surface area contributed by atoms with Gasteiger partial charge in [0.2, 0.25) is 0 Å². The molecule has 0 amide bonds. The van der Waals surface area contributed by atoms with Gasteiger partial charge in [-0.25, -0.2) is 0 Å². The minimum atomic E-state index is -5.39. The first-order valence-corrected chi connectivity index (χ1v) is 9.73. The SMILES string of the molecule is CC(C)=C[PH3+].CC(C)=C[PH3+].CC(C)=C[PH3+].O=P([O-])([O-])[O-]. The Morgan fingerprint density at radius 2 is 0.750 bits per heavy atom. The van der Waals surface area contributed by atoms with Gasteiger partial charge < -0.3 is 19.2 Å². The molecule has 0 aliphatic carbocycles. The number of hydrogen-bond acceptors (Lipinski definition) is 4. The van der Waals surface area contributed by atoms with Crippen LogP contribution in [0.3, 0.4) is 0 Å². The summed E-state index contributed by atoms with van der Waals surface area (Å²) >= 11 is 0. The van der Waals surface area contributed by atoms with Crippen molar-refractivity contribution in [3.63, 3.8) is 0 Å². The molecule has 8 heteroatoms. The molecule has 0 aromatic carbocycles. The van der Waals surface area contributed by atoms with Crippen molar-refractivity contribution in [1.82, 2.24) is 0 Å². The molecule has 0 N–H and O–H groups in total. The summed E-state index contributed by atoms with van der Waals surface area (Å²) in [6, 6.07) is 0. The number of hydrogen-bond donors (Lipinski definition) is 0. The van der Waals surface area contributed by atoms with Crippen LogP contribution in [0.25, 0.3) is 0 Å². The van der Waals surface area contributed by atoms with Crippen molar-refractivity contribution in [2.75, 3.05) is 0 Å². The van der Waals surface area contributed by atoms with Gasteiger partial charge in [0.05, 0.1) is 0 Å². The van der Waals surface area contributed by atoms with E-state index in [2.05, 4.69) is 59.0 Å². The lowest BCUT2D eigenvalue weighted by molar-refractivity contribution is -0.432. The van der Waals surface area contributed by atoms with Gasteiger partial charge in [0.1, 0.15) is 0 Å². The van der Waals surface area contributed by atoms with Gasteiger partial charge in [-0.1, -0.05) is 0 Å². The molecule has 4 nitrogen and oxygen atoms in total. The van der Waals surface area contributed by atoms with Crippen molar-refractivity contribution in [2.45, 2.75) is 41.5 Å². The number of allylic oxidation sites excluding steroid dienone is 3. The minimum Gasteiger partial charge on any atom is -0.822 e. The minimum absolute atomic E-state index is 1.39. The maximum Gasteiger partial charge on any atom is 0.0500 e. The molecule has 0 fully saturated rings. The molecule has 0 aliphatic rings. The second-order valence-corrected chi connectivity index (χ2v) is 6.41. The van der Waals surface area contributed by atoms with E-state index in [4.69, 9.17) is 19.2 Å². The summed E-state index contributed by atoms with van der Waals surface area (Å²) in [5.74, 6) is 6.33. The van der Waals surface area contributed by atoms with E-state index in [1.165, 1.54) is 16.7 Å².